The Bertz CT molecular complexity index is 631. The number of fused-ring (bicyclic) bond motifs is 1. The van der Waals surface area contributed by atoms with Gasteiger partial charge in [-0.25, -0.2) is 0 Å². The molecule has 0 radical (unpaired) electrons. The van der Waals surface area contributed by atoms with Crippen molar-refractivity contribution in [3.05, 3.63) is 57.6 Å². The third-order valence-electron chi connectivity index (χ3n) is 3.05. The molecule has 5 heteroatoms. The molecule has 1 atom stereocenters. The molecule has 2 N–H and O–H groups in total. The molecule has 3 rings (SSSR count). The topological polar surface area (TPSA) is 44.5 Å². The summed E-state index contributed by atoms with van der Waals surface area (Å²) in [4.78, 5) is 0. The zero-order valence-corrected chi connectivity index (χ0v) is 11.4. The number of benzene rings is 2. The van der Waals surface area contributed by atoms with Gasteiger partial charge in [0.1, 0.15) is 0 Å². The number of nitrogens with two attached hydrogens (primary N) is 1. The summed E-state index contributed by atoms with van der Waals surface area (Å²) < 4.78 is 10.6. The highest BCUT2D eigenvalue weighted by Crippen LogP contribution is 2.36. The number of hydrogen-bond donors (Lipinski definition) is 1. The molecule has 0 saturated carbocycles. The van der Waals surface area contributed by atoms with Crippen LogP contribution < -0.4 is 15.2 Å². The lowest BCUT2D eigenvalue weighted by Crippen LogP contribution is -2.12. The molecule has 0 aliphatic carbocycles. The Morgan fingerprint density at radius 3 is 2.63 bits per heavy atom. The monoisotopic (exact) mass is 295 g/mol. The van der Waals surface area contributed by atoms with Crippen LogP contribution in [0, 0.1) is 0 Å². The Labute approximate surface area is 120 Å². The number of rotatable bonds is 2. The fraction of sp³-hybridized carbons (Fsp3) is 0.143. The second kappa shape index (κ2) is 4.93. The largest absolute Gasteiger partial charge is 0.454 e. The predicted octanol–water partition coefficient (Wildman–Crippen LogP) is 3.77. The molecular weight excluding hydrogens is 285 g/mol. The Morgan fingerprint density at radius 1 is 1.00 bits per heavy atom. The van der Waals surface area contributed by atoms with Crippen molar-refractivity contribution in [3.8, 4) is 11.5 Å². The van der Waals surface area contributed by atoms with E-state index in [1.54, 1.807) is 18.2 Å². The normalized spacial score (nSPS) is 14.5. The smallest absolute Gasteiger partial charge is 0.231 e. The Balaban J connectivity index is 1.99. The minimum atomic E-state index is -0.360. The lowest BCUT2D eigenvalue weighted by Gasteiger charge is -2.15. The first-order chi connectivity index (χ1) is 9.15. The van der Waals surface area contributed by atoms with Gasteiger partial charge in [-0.3, -0.25) is 0 Å². The van der Waals surface area contributed by atoms with Gasteiger partial charge in [0.15, 0.2) is 11.5 Å². The van der Waals surface area contributed by atoms with Crippen molar-refractivity contribution in [2.45, 2.75) is 6.04 Å². The zero-order valence-electron chi connectivity index (χ0n) is 9.90. The fourth-order valence-electron chi connectivity index (χ4n) is 2.04. The van der Waals surface area contributed by atoms with Gasteiger partial charge in [0.05, 0.1) is 6.04 Å². The summed E-state index contributed by atoms with van der Waals surface area (Å²) in [6.45, 7) is 0.242. The third-order valence-corrected chi connectivity index (χ3v) is 3.63. The standard InChI is InChI=1S/C14H11Cl2NO2/c15-9-2-3-11(16)10(6-9)14(17)8-1-4-12-13(5-8)19-7-18-12/h1-6,14H,7,17H2. The van der Waals surface area contributed by atoms with Crippen LogP contribution in [0.15, 0.2) is 36.4 Å². The van der Waals surface area contributed by atoms with Gasteiger partial charge in [-0.1, -0.05) is 29.3 Å². The molecular formula is C14H11Cl2NO2. The van der Waals surface area contributed by atoms with E-state index in [4.69, 9.17) is 38.4 Å². The van der Waals surface area contributed by atoms with Gasteiger partial charge in [-0.2, -0.15) is 0 Å². The number of ether oxygens (including phenoxy) is 2. The quantitative estimate of drug-likeness (QED) is 0.917. The summed E-state index contributed by atoms with van der Waals surface area (Å²) in [5.74, 6) is 1.43. The average molecular weight is 296 g/mol. The van der Waals surface area contributed by atoms with Gasteiger partial charge in [0.2, 0.25) is 6.79 Å². The van der Waals surface area contributed by atoms with E-state index in [9.17, 15) is 0 Å². The molecule has 0 amide bonds. The lowest BCUT2D eigenvalue weighted by atomic mass is 9.99. The molecule has 98 valence electrons. The Morgan fingerprint density at radius 2 is 1.79 bits per heavy atom. The molecule has 3 nitrogen and oxygen atoms in total. The van der Waals surface area contributed by atoms with Crippen LogP contribution in [0.1, 0.15) is 17.2 Å². The van der Waals surface area contributed by atoms with Crippen LogP contribution in [0.3, 0.4) is 0 Å². The lowest BCUT2D eigenvalue weighted by molar-refractivity contribution is 0.174. The zero-order chi connectivity index (χ0) is 13.4. The molecule has 1 heterocycles. The van der Waals surface area contributed by atoms with E-state index in [0.29, 0.717) is 15.8 Å². The summed E-state index contributed by atoms with van der Waals surface area (Å²) in [6, 6.07) is 10.5. The fourth-order valence-corrected chi connectivity index (χ4v) is 2.45. The van der Waals surface area contributed by atoms with Crippen LogP contribution in [0.25, 0.3) is 0 Å². The summed E-state index contributed by atoms with van der Waals surface area (Å²) in [5.41, 5.74) is 7.92. The van der Waals surface area contributed by atoms with Crippen LogP contribution >= 0.6 is 23.2 Å². The molecule has 1 aliphatic rings. The summed E-state index contributed by atoms with van der Waals surface area (Å²) in [6.07, 6.45) is 0. The number of hydrogen-bond acceptors (Lipinski definition) is 3. The minimum absolute atomic E-state index is 0.242. The first kappa shape index (κ1) is 12.6. The summed E-state index contributed by atoms with van der Waals surface area (Å²) in [5, 5.41) is 1.20. The highest BCUT2D eigenvalue weighted by Gasteiger charge is 2.18. The van der Waals surface area contributed by atoms with Crippen molar-refractivity contribution in [1.29, 1.82) is 0 Å². The van der Waals surface area contributed by atoms with Gasteiger partial charge in [-0.05, 0) is 41.5 Å². The van der Waals surface area contributed by atoms with Gasteiger partial charge in [0.25, 0.3) is 0 Å². The second-order valence-electron chi connectivity index (χ2n) is 4.26. The second-order valence-corrected chi connectivity index (χ2v) is 5.10. The third kappa shape index (κ3) is 2.37. The molecule has 0 aromatic heterocycles. The first-order valence-corrected chi connectivity index (χ1v) is 6.51. The highest BCUT2D eigenvalue weighted by molar-refractivity contribution is 6.33. The van der Waals surface area contributed by atoms with E-state index < -0.39 is 0 Å². The minimum Gasteiger partial charge on any atom is -0.454 e. The van der Waals surface area contributed by atoms with Crippen molar-refractivity contribution in [2.24, 2.45) is 5.73 Å². The molecule has 2 aromatic carbocycles. The maximum Gasteiger partial charge on any atom is 0.231 e. The van der Waals surface area contributed by atoms with Crippen molar-refractivity contribution < 1.29 is 9.47 Å². The molecule has 0 saturated heterocycles. The van der Waals surface area contributed by atoms with Crippen LogP contribution in [0.4, 0.5) is 0 Å². The van der Waals surface area contributed by atoms with Gasteiger partial charge >= 0.3 is 0 Å². The SMILES string of the molecule is NC(c1ccc2c(c1)OCO2)c1cc(Cl)ccc1Cl. The molecule has 19 heavy (non-hydrogen) atoms. The van der Waals surface area contributed by atoms with E-state index in [0.717, 1.165) is 16.9 Å². The van der Waals surface area contributed by atoms with Crippen molar-refractivity contribution in [2.75, 3.05) is 6.79 Å². The van der Waals surface area contributed by atoms with Crippen LogP contribution in [0.5, 0.6) is 11.5 Å². The van der Waals surface area contributed by atoms with Gasteiger partial charge in [-0.15, -0.1) is 0 Å². The van der Waals surface area contributed by atoms with E-state index in [1.807, 2.05) is 18.2 Å². The van der Waals surface area contributed by atoms with Crippen molar-refractivity contribution in [3.63, 3.8) is 0 Å². The van der Waals surface area contributed by atoms with E-state index in [-0.39, 0.29) is 12.8 Å². The number of halogens is 2. The van der Waals surface area contributed by atoms with E-state index in [2.05, 4.69) is 0 Å². The van der Waals surface area contributed by atoms with E-state index >= 15 is 0 Å². The molecule has 0 bridgehead atoms. The van der Waals surface area contributed by atoms with E-state index in [1.165, 1.54) is 0 Å². The maximum absolute atomic E-state index is 6.24. The molecule has 1 unspecified atom stereocenters. The first-order valence-electron chi connectivity index (χ1n) is 5.75. The molecule has 1 aliphatic heterocycles. The van der Waals surface area contributed by atoms with Crippen molar-refractivity contribution >= 4 is 23.2 Å². The van der Waals surface area contributed by atoms with Crippen LogP contribution in [0.2, 0.25) is 10.0 Å². The summed E-state index contributed by atoms with van der Waals surface area (Å²) >= 11 is 12.1. The van der Waals surface area contributed by atoms with Crippen LogP contribution in [-0.2, 0) is 0 Å². The molecule has 2 aromatic rings. The van der Waals surface area contributed by atoms with Gasteiger partial charge < -0.3 is 15.2 Å². The molecule has 0 fully saturated rings. The highest BCUT2D eigenvalue weighted by atomic mass is 35.5. The van der Waals surface area contributed by atoms with Crippen molar-refractivity contribution in [1.82, 2.24) is 0 Å². The van der Waals surface area contributed by atoms with Crippen LogP contribution in [-0.4, -0.2) is 6.79 Å². The summed E-state index contributed by atoms with van der Waals surface area (Å²) in [7, 11) is 0. The Kier molecular flexibility index (Phi) is 3.27. The Hall–Kier alpha value is -1.42. The maximum atomic E-state index is 6.24. The molecule has 0 spiro atoms. The van der Waals surface area contributed by atoms with Gasteiger partial charge in [0, 0.05) is 10.0 Å². The average Bonchev–Trinajstić information content (AvgIpc) is 2.88. The predicted molar refractivity (Wildman–Crippen MR) is 75.1 cm³/mol.